The molecule has 2 aromatic rings. The van der Waals surface area contributed by atoms with Crippen LogP contribution in [0.25, 0.3) is 10.1 Å². The maximum absolute atomic E-state index is 6.67. The van der Waals surface area contributed by atoms with Crippen LogP contribution in [0.1, 0.15) is 36.6 Å². The van der Waals surface area contributed by atoms with Crippen LogP contribution >= 0.6 is 38.9 Å². The maximum Gasteiger partial charge on any atom is 0.0696 e. The molecule has 1 fully saturated rings. The average molecular weight is 360 g/mol. The smallest absolute Gasteiger partial charge is 0.0696 e. The van der Waals surface area contributed by atoms with Crippen LogP contribution < -0.4 is 0 Å². The van der Waals surface area contributed by atoms with Gasteiger partial charge in [-0.1, -0.05) is 12.1 Å². The molecule has 1 atom stereocenters. The summed E-state index contributed by atoms with van der Waals surface area (Å²) in [6.07, 6.45) is 4.44. The van der Waals surface area contributed by atoms with Crippen LogP contribution in [0.5, 0.6) is 0 Å². The van der Waals surface area contributed by atoms with Crippen molar-refractivity contribution in [3.8, 4) is 0 Å². The number of hydrogen-bond acceptors (Lipinski definition) is 2. The molecule has 1 aliphatic rings. The third kappa shape index (κ3) is 2.46. The summed E-state index contributed by atoms with van der Waals surface area (Å²) >= 11 is 12.0. The lowest BCUT2D eigenvalue weighted by Gasteiger charge is -2.41. The molecule has 102 valence electrons. The van der Waals surface area contributed by atoms with E-state index in [1.807, 2.05) is 7.11 Å². The predicted octanol–water partition coefficient (Wildman–Crippen LogP) is 5.90. The molecule has 1 aliphatic carbocycles. The van der Waals surface area contributed by atoms with Crippen LogP contribution in [-0.2, 0) is 4.74 Å². The summed E-state index contributed by atoms with van der Waals surface area (Å²) in [7, 11) is 1.81. The molecule has 0 saturated heterocycles. The highest BCUT2D eigenvalue weighted by molar-refractivity contribution is 9.10. The largest absolute Gasteiger partial charge is 0.378 e. The van der Waals surface area contributed by atoms with Crippen molar-refractivity contribution >= 4 is 49.0 Å². The number of halogens is 2. The fourth-order valence-electron chi connectivity index (χ4n) is 2.78. The fraction of sp³-hybridized carbons (Fsp3) is 0.467. The molecule has 1 aromatic carbocycles. The first-order valence-corrected chi connectivity index (χ1v) is 8.61. The molecule has 1 heterocycles. The van der Waals surface area contributed by atoms with Crippen molar-refractivity contribution < 1.29 is 4.74 Å². The molecule has 0 spiro atoms. The third-order valence-electron chi connectivity index (χ3n) is 4.17. The molecule has 0 aliphatic heterocycles. The summed E-state index contributed by atoms with van der Waals surface area (Å²) in [5.41, 5.74) is 1.26. The van der Waals surface area contributed by atoms with E-state index in [0.29, 0.717) is 0 Å². The number of thiophene rings is 1. The van der Waals surface area contributed by atoms with Crippen LogP contribution in [0.3, 0.4) is 0 Å². The Bertz CT molecular complexity index is 585. The Morgan fingerprint density at radius 3 is 2.89 bits per heavy atom. The number of ether oxygens (including phenoxy) is 1. The first kappa shape index (κ1) is 13.9. The van der Waals surface area contributed by atoms with Crippen molar-refractivity contribution in [3.05, 3.63) is 33.6 Å². The highest BCUT2D eigenvalue weighted by Crippen LogP contribution is 2.46. The van der Waals surface area contributed by atoms with E-state index >= 15 is 0 Å². The van der Waals surface area contributed by atoms with Gasteiger partial charge in [-0.05, 0) is 64.0 Å². The SMILES string of the molecule is COC1(CC(Cl)c2csc3c(Br)cccc23)CCC1. The first-order chi connectivity index (χ1) is 9.15. The Morgan fingerprint density at radius 1 is 1.47 bits per heavy atom. The Morgan fingerprint density at radius 2 is 2.26 bits per heavy atom. The van der Waals surface area contributed by atoms with Gasteiger partial charge in [0.2, 0.25) is 0 Å². The second kappa shape index (κ2) is 5.36. The number of methoxy groups -OCH3 is 1. The van der Waals surface area contributed by atoms with Crippen molar-refractivity contribution in [1.82, 2.24) is 0 Å². The van der Waals surface area contributed by atoms with Gasteiger partial charge in [0, 0.05) is 16.3 Å². The van der Waals surface area contributed by atoms with Crippen LogP contribution in [0.4, 0.5) is 0 Å². The molecule has 0 amide bonds. The van der Waals surface area contributed by atoms with Gasteiger partial charge in [0.1, 0.15) is 0 Å². The number of hydrogen-bond donors (Lipinski definition) is 0. The summed E-state index contributed by atoms with van der Waals surface area (Å²) in [5, 5.41) is 3.49. The van der Waals surface area contributed by atoms with Gasteiger partial charge in [0.15, 0.2) is 0 Å². The highest BCUT2D eigenvalue weighted by Gasteiger charge is 2.39. The lowest BCUT2D eigenvalue weighted by molar-refractivity contribution is -0.0779. The molecule has 1 unspecified atom stereocenters. The molecule has 1 aromatic heterocycles. The van der Waals surface area contributed by atoms with Gasteiger partial charge in [-0.3, -0.25) is 0 Å². The van der Waals surface area contributed by atoms with Crippen LogP contribution in [-0.4, -0.2) is 12.7 Å². The molecule has 1 nitrogen and oxygen atoms in total. The third-order valence-corrected chi connectivity index (χ3v) is 6.53. The molecular weight excluding hydrogens is 344 g/mol. The van der Waals surface area contributed by atoms with Gasteiger partial charge in [0.05, 0.1) is 11.0 Å². The zero-order valence-electron chi connectivity index (χ0n) is 10.8. The van der Waals surface area contributed by atoms with E-state index in [0.717, 1.165) is 23.7 Å². The van der Waals surface area contributed by atoms with Crippen molar-refractivity contribution in [2.45, 2.75) is 36.7 Å². The summed E-state index contributed by atoms with van der Waals surface area (Å²) < 4.78 is 8.12. The lowest BCUT2D eigenvalue weighted by Crippen LogP contribution is -2.39. The standard InChI is InChI=1S/C15H16BrClOS/c1-18-15(6-3-7-15)8-13(17)11-9-19-14-10(11)4-2-5-12(14)16/h2,4-5,9,13H,3,6-8H2,1H3. The average Bonchev–Trinajstić information content (AvgIpc) is 2.79. The van der Waals surface area contributed by atoms with E-state index in [4.69, 9.17) is 16.3 Å². The second-order valence-electron chi connectivity index (χ2n) is 5.22. The van der Waals surface area contributed by atoms with E-state index in [1.54, 1.807) is 11.3 Å². The number of benzene rings is 1. The van der Waals surface area contributed by atoms with E-state index in [9.17, 15) is 0 Å². The highest BCUT2D eigenvalue weighted by atomic mass is 79.9. The predicted molar refractivity (Wildman–Crippen MR) is 86.3 cm³/mol. The number of alkyl halides is 1. The zero-order valence-corrected chi connectivity index (χ0v) is 13.9. The van der Waals surface area contributed by atoms with E-state index in [2.05, 4.69) is 39.5 Å². The van der Waals surface area contributed by atoms with Crippen molar-refractivity contribution in [2.24, 2.45) is 0 Å². The summed E-state index contributed by atoms with van der Waals surface area (Å²) in [6.45, 7) is 0. The minimum absolute atomic E-state index is 0.0205. The van der Waals surface area contributed by atoms with Gasteiger partial charge in [-0.25, -0.2) is 0 Å². The van der Waals surface area contributed by atoms with Gasteiger partial charge >= 0.3 is 0 Å². The Kier molecular flexibility index (Phi) is 3.91. The normalized spacial score (nSPS) is 19.3. The van der Waals surface area contributed by atoms with E-state index in [-0.39, 0.29) is 11.0 Å². The van der Waals surface area contributed by atoms with Gasteiger partial charge in [-0.15, -0.1) is 22.9 Å². The van der Waals surface area contributed by atoms with Crippen molar-refractivity contribution in [1.29, 1.82) is 0 Å². The summed E-state index contributed by atoms with van der Waals surface area (Å²) in [5.74, 6) is 0. The van der Waals surface area contributed by atoms with Crippen molar-refractivity contribution in [3.63, 3.8) is 0 Å². The summed E-state index contributed by atoms with van der Waals surface area (Å²) in [4.78, 5) is 0. The van der Waals surface area contributed by atoms with Crippen LogP contribution in [0.15, 0.2) is 28.1 Å². The molecule has 1 saturated carbocycles. The molecule has 0 bridgehead atoms. The Hall–Kier alpha value is -0.0900. The minimum Gasteiger partial charge on any atom is -0.378 e. The van der Waals surface area contributed by atoms with Crippen LogP contribution in [0, 0.1) is 0 Å². The van der Waals surface area contributed by atoms with Gasteiger partial charge in [0.25, 0.3) is 0 Å². The molecule has 4 heteroatoms. The molecule has 0 radical (unpaired) electrons. The van der Waals surface area contributed by atoms with Gasteiger partial charge in [-0.2, -0.15) is 0 Å². The second-order valence-corrected chi connectivity index (χ2v) is 7.48. The first-order valence-electron chi connectivity index (χ1n) is 6.50. The Labute approximate surface area is 131 Å². The minimum atomic E-state index is 0.0205. The molecular formula is C15H16BrClOS. The lowest BCUT2D eigenvalue weighted by atomic mass is 9.76. The Balaban J connectivity index is 1.89. The summed E-state index contributed by atoms with van der Waals surface area (Å²) in [6, 6.07) is 6.30. The van der Waals surface area contributed by atoms with E-state index in [1.165, 1.54) is 22.1 Å². The topological polar surface area (TPSA) is 9.23 Å². The molecule has 3 rings (SSSR count). The zero-order chi connectivity index (χ0) is 13.5. The quantitative estimate of drug-likeness (QED) is 0.617. The maximum atomic E-state index is 6.67. The number of fused-ring (bicyclic) bond motifs is 1. The molecule has 19 heavy (non-hydrogen) atoms. The monoisotopic (exact) mass is 358 g/mol. The van der Waals surface area contributed by atoms with Crippen LogP contribution in [0.2, 0.25) is 0 Å². The number of rotatable bonds is 4. The fourth-order valence-corrected chi connectivity index (χ4v) is 5.00. The van der Waals surface area contributed by atoms with Crippen molar-refractivity contribution in [2.75, 3.05) is 7.11 Å². The molecule has 0 N–H and O–H groups in total. The van der Waals surface area contributed by atoms with Gasteiger partial charge < -0.3 is 4.74 Å². The van der Waals surface area contributed by atoms with E-state index < -0.39 is 0 Å².